The minimum atomic E-state index is -0.236. The maximum atomic E-state index is 12.9. The van der Waals surface area contributed by atoms with Crippen molar-refractivity contribution in [3.05, 3.63) is 28.6 Å². The predicted octanol–water partition coefficient (Wildman–Crippen LogP) is 8.19. The van der Waals surface area contributed by atoms with Crippen molar-refractivity contribution in [3.63, 3.8) is 0 Å². The van der Waals surface area contributed by atoms with Gasteiger partial charge in [0.1, 0.15) is 5.75 Å². The number of aromatic amines is 1. The van der Waals surface area contributed by atoms with E-state index in [9.17, 15) is 4.79 Å². The zero-order valence-electron chi connectivity index (χ0n) is 21.9. The van der Waals surface area contributed by atoms with E-state index in [1.54, 1.807) is 0 Å². The highest BCUT2D eigenvalue weighted by molar-refractivity contribution is 5.88. The molecule has 0 amide bonds. The van der Waals surface area contributed by atoms with Gasteiger partial charge in [-0.15, -0.1) is 0 Å². The lowest BCUT2D eigenvalue weighted by molar-refractivity contribution is 0.258. The van der Waals surface area contributed by atoms with Crippen LogP contribution >= 0.6 is 0 Å². The number of hydrogen-bond donors (Lipinski definition) is 1. The number of H-pyrrole nitrogens is 1. The molecule has 0 fully saturated rings. The van der Waals surface area contributed by atoms with Crippen LogP contribution in [0.5, 0.6) is 17.2 Å². The zero-order valence-corrected chi connectivity index (χ0v) is 21.9. The molecule has 0 aliphatic rings. The van der Waals surface area contributed by atoms with E-state index in [0.717, 1.165) is 48.8 Å². The number of hydrogen-bond acceptors (Lipinski definition) is 4. The topological polar surface area (TPSA) is 60.6 Å². The summed E-state index contributed by atoms with van der Waals surface area (Å²) >= 11 is 0. The maximum Gasteiger partial charge on any atom is 0.294 e. The second-order valence-corrected chi connectivity index (χ2v) is 9.25. The fourth-order valence-corrected chi connectivity index (χ4v) is 4.07. The molecule has 1 aromatic heterocycles. The third-order valence-electron chi connectivity index (χ3n) is 6.15. The third kappa shape index (κ3) is 9.99. The summed E-state index contributed by atoms with van der Waals surface area (Å²) < 4.78 is 18.1. The molecule has 5 heteroatoms. The molecule has 0 aliphatic carbocycles. The van der Waals surface area contributed by atoms with Gasteiger partial charge in [0.25, 0.3) is 5.56 Å². The van der Waals surface area contributed by atoms with Gasteiger partial charge in [-0.2, -0.15) is 0 Å². The Hall–Kier alpha value is -2.17. The van der Waals surface area contributed by atoms with Crippen molar-refractivity contribution < 1.29 is 14.2 Å². The van der Waals surface area contributed by atoms with E-state index in [0.29, 0.717) is 31.3 Å². The second-order valence-electron chi connectivity index (χ2n) is 9.25. The van der Waals surface area contributed by atoms with Crippen molar-refractivity contribution >= 4 is 10.9 Å². The highest BCUT2D eigenvalue weighted by atomic mass is 16.5. The molecule has 1 heterocycles. The van der Waals surface area contributed by atoms with Gasteiger partial charge in [0, 0.05) is 11.5 Å². The molecule has 1 aromatic carbocycles. The monoisotopic (exact) mass is 473 g/mol. The summed E-state index contributed by atoms with van der Waals surface area (Å²) in [4.78, 5) is 15.9. The number of rotatable bonds is 20. The zero-order chi connectivity index (χ0) is 24.4. The predicted molar refractivity (Wildman–Crippen MR) is 143 cm³/mol. The highest BCUT2D eigenvalue weighted by Gasteiger charge is 2.16. The fraction of sp³-hybridized carbons (Fsp3) is 0.690. The van der Waals surface area contributed by atoms with Crippen LogP contribution in [-0.4, -0.2) is 24.8 Å². The van der Waals surface area contributed by atoms with Gasteiger partial charge in [-0.05, 0) is 31.4 Å². The van der Waals surface area contributed by atoms with Crippen LogP contribution in [0.2, 0.25) is 0 Å². The molecule has 0 radical (unpaired) electrons. The normalized spacial score (nSPS) is 11.1. The smallest absolute Gasteiger partial charge is 0.294 e. The Morgan fingerprint density at radius 2 is 1.12 bits per heavy atom. The van der Waals surface area contributed by atoms with E-state index in [1.807, 2.05) is 18.2 Å². The molecule has 0 unspecified atom stereocenters. The summed E-state index contributed by atoms with van der Waals surface area (Å²) in [5.41, 5.74) is 0.493. The van der Waals surface area contributed by atoms with Gasteiger partial charge in [-0.25, -0.2) is 0 Å². The number of fused-ring (bicyclic) bond motifs is 1. The van der Waals surface area contributed by atoms with Crippen molar-refractivity contribution in [1.82, 2.24) is 4.98 Å². The summed E-state index contributed by atoms with van der Waals surface area (Å²) in [6.45, 7) is 8.42. The van der Waals surface area contributed by atoms with Gasteiger partial charge in [0.05, 0.1) is 25.3 Å². The lowest BCUT2D eigenvalue weighted by Crippen LogP contribution is -2.15. The first-order chi connectivity index (χ1) is 16.7. The average molecular weight is 474 g/mol. The van der Waals surface area contributed by atoms with Crippen LogP contribution in [-0.2, 0) is 0 Å². The van der Waals surface area contributed by atoms with Crippen LogP contribution in [0.3, 0.4) is 0 Å². The van der Waals surface area contributed by atoms with Crippen LogP contribution in [0.1, 0.15) is 111 Å². The molecule has 0 aliphatic heterocycles. The number of unbranched alkanes of at least 4 members (excludes halogenated alkanes) is 11. The van der Waals surface area contributed by atoms with E-state index in [4.69, 9.17) is 14.2 Å². The van der Waals surface area contributed by atoms with Crippen LogP contribution in [0, 0.1) is 0 Å². The van der Waals surface area contributed by atoms with Crippen molar-refractivity contribution in [2.24, 2.45) is 0 Å². The quantitative estimate of drug-likeness (QED) is 0.197. The first kappa shape index (κ1) is 28.1. The summed E-state index contributed by atoms with van der Waals surface area (Å²) in [7, 11) is 0. The van der Waals surface area contributed by atoms with Gasteiger partial charge < -0.3 is 19.2 Å². The standard InChI is InChI=1S/C29H47NO4/c1-4-7-10-13-14-17-20-32-24-18-19-25-26(23-24)30-29(31)28(34-22-16-12-9-6-3)27(25)33-21-15-11-8-5-2/h18-19,23H,4-17,20-22H2,1-3H3,(H,30,31). The Bertz CT molecular complexity index is 861. The Morgan fingerprint density at radius 3 is 1.74 bits per heavy atom. The molecule has 1 N–H and O–H groups in total. The molecule has 0 saturated heterocycles. The molecule has 0 saturated carbocycles. The molecule has 0 atom stereocenters. The third-order valence-corrected chi connectivity index (χ3v) is 6.15. The Balaban J connectivity index is 2.08. The molecule has 2 rings (SSSR count). The molecular weight excluding hydrogens is 426 g/mol. The maximum absolute atomic E-state index is 12.9. The lowest BCUT2D eigenvalue weighted by Gasteiger charge is -2.15. The van der Waals surface area contributed by atoms with Crippen LogP contribution in [0.15, 0.2) is 23.0 Å². The van der Waals surface area contributed by atoms with Crippen molar-refractivity contribution in [2.45, 2.75) is 111 Å². The average Bonchev–Trinajstić information content (AvgIpc) is 2.84. The van der Waals surface area contributed by atoms with Crippen molar-refractivity contribution in [3.8, 4) is 17.2 Å². The Kier molecular flexibility index (Phi) is 14.3. The van der Waals surface area contributed by atoms with E-state index in [1.165, 1.54) is 57.8 Å². The van der Waals surface area contributed by atoms with Crippen molar-refractivity contribution in [1.29, 1.82) is 0 Å². The first-order valence-corrected chi connectivity index (χ1v) is 13.8. The number of pyridine rings is 1. The van der Waals surface area contributed by atoms with Gasteiger partial charge in [0.15, 0.2) is 5.75 Å². The minimum absolute atomic E-state index is 0.236. The Morgan fingerprint density at radius 1 is 0.618 bits per heavy atom. The minimum Gasteiger partial charge on any atom is -0.494 e. The number of benzene rings is 1. The molecule has 192 valence electrons. The molecule has 2 aromatic rings. The SMILES string of the molecule is CCCCCCCCOc1ccc2c(OCCCCCC)c(OCCCCCC)c(=O)[nH]c2c1. The molecule has 0 bridgehead atoms. The molecule has 0 spiro atoms. The molecule has 5 nitrogen and oxygen atoms in total. The van der Waals surface area contributed by atoms with E-state index >= 15 is 0 Å². The van der Waals surface area contributed by atoms with E-state index in [-0.39, 0.29) is 5.56 Å². The largest absolute Gasteiger partial charge is 0.494 e. The number of aromatic nitrogens is 1. The second kappa shape index (κ2) is 17.3. The molecular formula is C29H47NO4. The van der Waals surface area contributed by atoms with E-state index < -0.39 is 0 Å². The van der Waals surface area contributed by atoms with E-state index in [2.05, 4.69) is 25.8 Å². The summed E-state index contributed by atoms with van der Waals surface area (Å²) in [5, 5.41) is 0.866. The van der Waals surface area contributed by atoms with Gasteiger partial charge in [-0.3, -0.25) is 4.79 Å². The van der Waals surface area contributed by atoms with Crippen molar-refractivity contribution in [2.75, 3.05) is 19.8 Å². The number of nitrogens with one attached hydrogen (secondary N) is 1. The van der Waals surface area contributed by atoms with Gasteiger partial charge in [-0.1, -0.05) is 91.4 Å². The summed E-state index contributed by atoms with van der Waals surface area (Å²) in [5.74, 6) is 1.65. The lowest BCUT2D eigenvalue weighted by atomic mass is 10.1. The van der Waals surface area contributed by atoms with Gasteiger partial charge >= 0.3 is 0 Å². The highest BCUT2D eigenvalue weighted by Crippen LogP contribution is 2.34. The van der Waals surface area contributed by atoms with Crippen LogP contribution in [0.4, 0.5) is 0 Å². The first-order valence-electron chi connectivity index (χ1n) is 13.8. The molecule has 34 heavy (non-hydrogen) atoms. The van der Waals surface area contributed by atoms with Crippen LogP contribution in [0.25, 0.3) is 10.9 Å². The fourth-order valence-electron chi connectivity index (χ4n) is 4.07. The van der Waals surface area contributed by atoms with Gasteiger partial charge in [0.2, 0.25) is 5.75 Å². The number of ether oxygens (including phenoxy) is 3. The van der Waals surface area contributed by atoms with Crippen LogP contribution < -0.4 is 19.8 Å². The summed E-state index contributed by atoms with van der Waals surface area (Å²) in [6, 6.07) is 5.85. The summed E-state index contributed by atoms with van der Waals surface area (Å²) in [6.07, 6.45) is 16.3. The Labute approximate surface area is 206 Å².